The minimum Gasteiger partial charge on any atom is -0.493 e. The fraction of sp³-hybridized carbons (Fsp3) is 0.333. The molecule has 0 aliphatic heterocycles. The maximum Gasteiger partial charge on any atom is 0.133 e. The van der Waals surface area contributed by atoms with E-state index in [2.05, 4.69) is 15.9 Å². The summed E-state index contributed by atoms with van der Waals surface area (Å²) in [5.74, 6) is 1.60. The van der Waals surface area contributed by atoms with Gasteiger partial charge in [0.25, 0.3) is 0 Å². The highest BCUT2D eigenvalue weighted by Crippen LogP contribution is 2.32. The molecule has 1 unspecified atom stereocenters. The van der Waals surface area contributed by atoms with Crippen molar-refractivity contribution in [1.82, 2.24) is 0 Å². The van der Waals surface area contributed by atoms with Gasteiger partial charge < -0.3 is 14.3 Å². The molecule has 102 valence electrons. The number of hydrogen-bond acceptors (Lipinski definition) is 3. The summed E-state index contributed by atoms with van der Waals surface area (Å²) in [7, 11) is 0. The number of hydrogen-bond donors (Lipinski definition) is 1. The number of benzene rings is 1. The van der Waals surface area contributed by atoms with E-state index in [-0.39, 0.29) is 0 Å². The molecule has 1 atom stereocenters. The van der Waals surface area contributed by atoms with Crippen molar-refractivity contribution in [3.05, 3.63) is 51.9 Å². The van der Waals surface area contributed by atoms with Gasteiger partial charge in [0.2, 0.25) is 0 Å². The molecule has 0 spiro atoms. The lowest BCUT2D eigenvalue weighted by Gasteiger charge is -2.13. The van der Waals surface area contributed by atoms with Crippen molar-refractivity contribution in [1.29, 1.82) is 0 Å². The molecule has 3 nitrogen and oxygen atoms in total. The standard InChI is InChI=1S/C15H17BrO3/c1-3-13-11(7-8-19-13)15(17)10-5-6-14(18-4-2)12(16)9-10/h5-9,15,17H,3-4H2,1-2H3. The minimum absolute atomic E-state index is 0.613. The zero-order chi connectivity index (χ0) is 13.8. The van der Waals surface area contributed by atoms with E-state index in [9.17, 15) is 5.11 Å². The average molecular weight is 325 g/mol. The molecular weight excluding hydrogens is 308 g/mol. The summed E-state index contributed by atoms with van der Waals surface area (Å²) in [6.07, 6.45) is 1.69. The van der Waals surface area contributed by atoms with Crippen LogP contribution in [0.1, 0.15) is 36.8 Å². The van der Waals surface area contributed by atoms with E-state index in [4.69, 9.17) is 9.15 Å². The normalized spacial score (nSPS) is 12.4. The molecule has 2 rings (SSSR count). The van der Waals surface area contributed by atoms with Crippen LogP contribution in [0.15, 0.2) is 39.4 Å². The summed E-state index contributed by atoms with van der Waals surface area (Å²) >= 11 is 3.46. The molecule has 0 fully saturated rings. The van der Waals surface area contributed by atoms with E-state index < -0.39 is 6.10 Å². The number of furan rings is 1. The van der Waals surface area contributed by atoms with Gasteiger partial charge >= 0.3 is 0 Å². The highest BCUT2D eigenvalue weighted by molar-refractivity contribution is 9.10. The number of ether oxygens (including phenoxy) is 1. The van der Waals surface area contributed by atoms with Gasteiger partial charge in [-0.15, -0.1) is 0 Å². The highest BCUT2D eigenvalue weighted by atomic mass is 79.9. The highest BCUT2D eigenvalue weighted by Gasteiger charge is 2.17. The molecule has 0 saturated heterocycles. The number of aliphatic hydroxyl groups is 1. The average Bonchev–Trinajstić information content (AvgIpc) is 2.88. The number of rotatable bonds is 5. The molecule has 2 aromatic rings. The third kappa shape index (κ3) is 3.01. The second-order valence-electron chi connectivity index (χ2n) is 4.18. The smallest absolute Gasteiger partial charge is 0.133 e. The van der Waals surface area contributed by atoms with E-state index in [1.54, 1.807) is 6.26 Å². The van der Waals surface area contributed by atoms with Gasteiger partial charge in [0.15, 0.2) is 0 Å². The Morgan fingerprint density at radius 3 is 2.74 bits per heavy atom. The molecule has 0 aliphatic rings. The second kappa shape index (κ2) is 6.26. The van der Waals surface area contributed by atoms with Crippen LogP contribution in [-0.4, -0.2) is 11.7 Å². The van der Waals surface area contributed by atoms with E-state index >= 15 is 0 Å². The van der Waals surface area contributed by atoms with Crippen molar-refractivity contribution in [3.8, 4) is 5.75 Å². The van der Waals surface area contributed by atoms with Crippen molar-refractivity contribution in [2.75, 3.05) is 6.61 Å². The summed E-state index contributed by atoms with van der Waals surface area (Å²) in [5.41, 5.74) is 1.63. The largest absolute Gasteiger partial charge is 0.493 e. The zero-order valence-corrected chi connectivity index (χ0v) is 12.6. The first-order valence-corrected chi connectivity index (χ1v) is 7.13. The van der Waals surface area contributed by atoms with E-state index in [1.807, 2.05) is 38.1 Å². The molecular formula is C15H17BrO3. The number of halogens is 1. The molecule has 0 amide bonds. The van der Waals surface area contributed by atoms with Crippen LogP contribution < -0.4 is 4.74 Å². The summed E-state index contributed by atoms with van der Waals surface area (Å²) in [5, 5.41) is 10.4. The lowest BCUT2D eigenvalue weighted by molar-refractivity contribution is 0.217. The van der Waals surface area contributed by atoms with E-state index in [0.717, 1.165) is 33.5 Å². The van der Waals surface area contributed by atoms with Gasteiger partial charge in [0, 0.05) is 12.0 Å². The first-order chi connectivity index (χ1) is 9.17. The minimum atomic E-state index is -0.680. The van der Waals surface area contributed by atoms with Crippen molar-refractivity contribution in [2.24, 2.45) is 0 Å². The Balaban J connectivity index is 2.29. The van der Waals surface area contributed by atoms with Crippen LogP contribution in [0.2, 0.25) is 0 Å². The van der Waals surface area contributed by atoms with Crippen molar-refractivity contribution in [2.45, 2.75) is 26.4 Å². The van der Waals surface area contributed by atoms with Crippen molar-refractivity contribution < 1.29 is 14.3 Å². The van der Waals surface area contributed by atoms with Gasteiger partial charge in [0.05, 0.1) is 17.3 Å². The molecule has 0 bridgehead atoms. The van der Waals surface area contributed by atoms with Crippen LogP contribution in [0.5, 0.6) is 5.75 Å². The molecule has 1 aromatic carbocycles. The first kappa shape index (κ1) is 14.2. The number of aryl methyl sites for hydroxylation is 1. The summed E-state index contributed by atoms with van der Waals surface area (Å²) in [6, 6.07) is 7.42. The predicted molar refractivity (Wildman–Crippen MR) is 77.5 cm³/mol. The van der Waals surface area contributed by atoms with Gasteiger partial charge in [-0.05, 0) is 46.6 Å². The van der Waals surface area contributed by atoms with Crippen LogP contribution in [0.4, 0.5) is 0 Å². The van der Waals surface area contributed by atoms with Gasteiger partial charge in [0.1, 0.15) is 17.6 Å². The Morgan fingerprint density at radius 1 is 1.32 bits per heavy atom. The Morgan fingerprint density at radius 2 is 2.11 bits per heavy atom. The van der Waals surface area contributed by atoms with Crippen molar-refractivity contribution in [3.63, 3.8) is 0 Å². The predicted octanol–water partition coefficient (Wildman–Crippen LogP) is 4.08. The molecule has 19 heavy (non-hydrogen) atoms. The second-order valence-corrected chi connectivity index (χ2v) is 5.03. The summed E-state index contributed by atoms with van der Waals surface area (Å²) < 4.78 is 11.7. The van der Waals surface area contributed by atoms with Crippen LogP contribution in [-0.2, 0) is 6.42 Å². The molecule has 0 saturated carbocycles. The molecule has 1 N–H and O–H groups in total. The van der Waals surface area contributed by atoms with Gasteiger partial charge in [-0.3, -0.25) is 0 Å². The molecule has 4 heteroatoms. The van der Waals surface area contributed by atoms with Gasteiger partial charge in [-0.25, -0.2) is 0 Å². The monoisotopic (exact) mass is 324 g/mol. The van der Waals surface area contributed by atoms with Gasteiger partial charge in [-0.2, -0.15) is 0 Å². The molecule has 1 aromatic heterocycles. The Kier molecular flexibility index (Phi) is 4.66. The maximum absolute atomic E-state index is 10.4. The summed E-state index contributed by atoms with van der Waals surface area (Å²) in [4.78, 5) is 0. The third-order valence-corrected chi connectivity index (χ3v) is 3.59. The molecule has 1 heterocycles. The lowest BCUT2D eigenvalue weighted by atomic mass is 10.0. The van der Waals surface area contributed by atoms with E-state index in [0.29, 0.717) is 6.61 Å². The van der Waals surface area contributed by atoms with Crippen molar-refractivity contribution >= 4 is 15.9 Å². The van der Waals surface area contributed by atoms with Crippen LogP contribution in [0.25, 0.3) is 0 Å². The SMILES string of the molecule is CCOc1ccc(C(O)c2ccoc2CC)cc1Br. The molecule has 0 aliphatic carbocycles. The van der Waals surface area contributed by atoms with Gasteiger partial charge in [-0.1, -0.05) is 13.0 Å². The summed E-state index contributed by atoms with van der Waals surface area (Å²) in [6.45, 7) is 4.56. The fourth-order valence-corrected chi connectivity index (χ4v) is 2.53. The fourth-order valence-electron chi connectivity index (χ4n) is 2.02. The topological polar surface area (TPSA) is 42.6 Å². The van der Waals surface area contributed by atoms with Crippen LogP contribution >= 0.6 is 15.9 Å². The number of aliphatic hydroxyl groups excluding tert-OH is 1. The maximum atomic E-state index is 10.4. The van der Waals surface area contributed by atoms with E-state index in [1.165, 1.54) is 0 Å². The Bertz CT molecular complexity index is 548. The Hall–Kier alpha value is -1.26. The lowest BCUT2D eigenvalue weighted by Crippen LogP contribution is -2.02. The Labute approximate surface area is 121 Å². The molecule has 0 radical (unpaired) electrons. The van der Waals surface area contributed by atoms with Crippen LogP contribution in [0.3, 0.4) is 0 Å². The quantitative estimate of drug-likeness (QED) is 0.900. The van der Waals surface area contributed by atoms with Crippen LogP contribution in [0, 0.1) is 0 Å². The third-order valence-electron chi connectivity index (χ3n) is 2.97. The first-order valence-electron chi connectivity index (χ1n) is 6.33. The zero-order valence-electron chi connectivity index (χ0n) is 11.0.